The first-order valence-electron chi connectivity index (χ1n) is 7.36. The lowest BCUT2D eigenvalue weighted by atomic mass is 10.4. The van der Waals surface area contributed by atoms with Crippen molar-refractivity contribution in [2.45, 2.75) is 0 Å². The van der Waals surface area contributed by atoms with Gasteiger partial charge in [0.1, 0.15) is 13.2 Å². The zero-order valence-corrected chi connectivity index (χ0v) is 13.2. The van der Waals surface area contributed by atoms with Crippen molar-refractivity contribution in [3.05, 3.63) is 0 Å². The Morgan fingerprint density at radius 1 is 0.682 bits per heavy atom. The third-order valence-corrected chi connectivity index (χ3v) is 2.63. The van der Waals surface area contributed by atoms with Crippen LogP contribution < -0.4 is 0 Å². The Kier molecular flexibility index (Phi) is 17.0. The van der Waals surface area contributed by atoms with Crippen LogP contribution in [-0.2, 0) is 18.9 Å². The molecule has 0 bridgehead atoms. The predicted molar refractivity (Wildman–Crippen MR) is 84.5 cm³/mol. The first kappa shape index (κ1) is 20.9. The van der Waals surface area contributed by atoms with Crippen LogP contribution in [0.1, 0.15) is 0 Å². The maximum atomic E-state index is 9.04. The van der Waals surface area contributed by atoms with Gasteiger partial charge in [-0.1, -0.05) is 11.8 Å². The van der Waals surface area contributed by atoms with Crippen molar-refractivity contribution in [2.24, 2.45) is 0 Å². The largest absolute Gasteiger partial charge is 0.395 e. The molecular formula is C16H27NO5. The summed E-state index contributed by atoms with van der Waals surface area (Å²) in [6, 6.07) is 0. The van der Waals surface area contributed by atoms with E-state index in [0.717, 1.165) is 13.1 Å². The molecule has 0 rings (SSSR count). The van der Waals surface area contributed by atoms with Gasteiger partial charge in [-0.15, -0.1) is 12.8 Å². The summed E-state index contributed by atoms with van der Waals surface area (Å²) in [6.07, 6.45) is 10.1. The number of rotatable bonds is 16. The van der Waals surface area contributed by atoms with E-state index in [-0.39, 0.29) is 6.61 Å². The standard InChI is InChI=1S/C16H27NO5/c1-3-9-19-13-15-21-11-6-17(5-8-18)7-12-22-16-14-20-10-4-2/h1-2,18H,5-16H2. The molecule has 0 aliphatic rings. The second-order valence-electron chi connectivity index (χ2n) is 4.30. The van der Waals surface area contributed by atoms with Crippen LogP contribution >= 0.6 is 0 Å². The Balaban J connectivity index is 3.48. The summed E-state index contributed by atoms with van der Waals surface area (Å²) in [4.78, 5) is 2.07. The normalized spacial score (nSPS) is 10.5. The Labute approximate surface area is 133 Å². The fourth-order valence-electron chi connectivity index (χ4n) is 1.57. The van der Waals surface area contributed by atoms with Gasteiger partial charge in [0, 0.05) is 19.6 Å². The molecule has 0 unspecified atom stereocenters. The molecule has 0 aromatic rings. The van der Waals surface area contributed by atoms with Crippen LogP contribution in [0, 0.1) is 24.7 Å². The highest BCUT2D eigenvalue weighted by Crippen LogP contribution is 1.90. The second-order valence-corrected chi connectivity index (χ2v) is 4.30. The predicted octanol–water partition coefficient (Wildman–Crippen LogP) is -0.386. The van der Waals surface area contributed by atoms with E-state index >= 15 is 0 Å². The highest BCUT2D eigenvalue weighted by atomic mass is 16.5. The second kappa shape index (κ2) is 17.9. The highest BCUT2D eigenvalue weighted by molar-refractivity contribution is 4.83. The van der Waals surface area contributed by atoms with E-state index in [2.05, 4.69) is 16.7 Å². The molecule has 126 valence electrons. The van der Waals surface area contributed by atoms with Crippen LogP contribution in [-0.4, -0.2) is 89.1 Å². The molecule has 0 amide bonds. The van der Waals surface area contributed by atoms with Gasteiger partial charge in [0.25, 0.3) is 0 Å². The SMILES string of the molecule is C#CCOCCOCCN(CCO)CCOCCOCC#C. The van der Waals surface area contributed by atoms with E-state index in [0.29, 0.717) is 59.4 Å². The third kappa shape index (κ3) is 15.3. The summed E-state index contributed by atoms with van der Waals surface area (Å²) in [5, 5.41) is 9.04. The van der Waals surface area contributed by atoms with Gasteiger partial charge in [-0.05, 0) is 0 Å². The summed E-state index contributed by atoms with van der Waals surface area (Å²) in [5.74, 6) is 4.78. The van der Waals surface area contributed by atoms with Crippen LogP contribution in [0.5, 0.6) is 0 Å². The number of ether oxygens (including phenoxy) is 4. The molecule has 0 saturated heterocycles. The lowest BCUT2D eigenvalue weighted by molar-refractivity contribution is 0.0286. The quantitative estimate of drug-likeness (QED) is 0.309. The zero-order valence-electron chi connectivity index (χ0n) is 13.2. The zero-order chi connectivity index (χ0) is 16.3. The lowest BCUT2D eigenvalue weighted by Gasteiger charge is -2.21. The van der Waals surface area contributed by atoms with Crippen molar-refractivity contribution in [3.8, 4) is 24.7 Å². The Morgan fingerprint density at radius 2 is 1.14 bits per heavy atom. The van der Waals surface area contributed by atoms with Gasteiger partial charge >= 0.3 is 0 Å². The number of hydrogen-bond acceptors (Lipinski definition) is 6. The smallest absolute Gasteiger partial charge is 0.107 e. The molecule has 0 saturated carbocycles. The van der Waals surface area contributed by atoms with Crippen LogP contribution in [0.25, 0.3) is 0 Å². The van der Waals surface area contributed by atoms with Gasteiger partial charge in [0.2, 0.25) is 0 Å². The molecule has 0 aliphatic carbocycles. The van der Waals surface area contributed by atoms with Crippen molar-refractivity contribution >= 4 is 0 Å². The Bertz CT molecular complexity index is 283. The third-order valence-electron chi connectivity index (χ3n) is 2.63. The molecule has 6 heteroatoms. The fourth-order valence-corrected chi connectivity index (χ4v) is 1.57. The Morgan fingerprint density at radius 3 is 1.55 bits per heavy atom. The average molecular weight is 313 g/mol. The van der Waals surface area contributed by atoms with Gasteiger partial charge in [0.05, 0.1) is 46.2 Å². The van der Waals surface area contributed by atoms with Crippen LogP contribution in [0.15, 0.2) is 0 Å². The molecule has 0 atom stereocenters. The highest BCUT2D eigenvalue weighted by Gasteiger charge is 2.04. The summed E-state index contributed by atoms with van der Waals surface area (Å²) in [7, 11) is 0. The number of nitrogens with zero attached hydrogens (tertiary/aromatic N) is 1. The maximum Gasteiger partial charge on any atom is 0.107 e. The van der Waals surface area contributed by atoms with Gasteiger partial charge in [-0.2, -0.15) is 0 Å². The molecule has 0 aliphatic heterocycles. The maximum absolute atomic E-state index is 9.04. The molecule has 0 aromatic heterocycles. The monoisotopic (exact) mass is 313 g/mol. The minimum Gasteiger partial charge on any atom is -0.395 e. The Hall–Kier alpha value is -1.12. The lowest BCUT2D eigenvalue weighted by Crippen LogP contribution is -2.34. The molecule has 0 fully saturated rings. The molecule has 1 N–H and O–H groups in total. The van der Waals surface area contributed by atoms with Gasteiger partial charge < -0.3 is 24.1 Å². The molecule has 0 aromatic carbocycles. The fraction of sp³-hybridized carbons (Fsp3) is 0.750. The van der Waals surface area contributed by atoms with Gasteiger partial charge in [-0.3, -0.25) is 4.90 Å². The van der Waals surface area contributed by atoms with E-state index in [9.17, 15) is 0 Å². The minimum atomic E-state index is 0.108. The summed E-state index contributed by atoms with van der Waals surface area (Å²) < 4.78 is 21.1. The van der Waals surface area contributed by atoms with E-state index in [1.54, 1.807) is 0 Å². The molecule has 6 nitrogen and oxygen atoms in total. The first-order chi connectivity index (χ1) is 10.8. The van der Waals surface area contributed by atoms with E-state index in [4.69, 9.17) is 36.9 Å². The summed E-state index contributed by atoms with van der Waals surface area (Å²) in [6.45, 7) is 5.93. The van der Waals surface area contributed by atoms with E-state index < -0.39 is 0 Å². The van der Waals surface area contributed by atoms with Crippen LogP contribution in [0.3, 0.4) is 0 Å². The van der Waals surface area contributed by atoms with Crippen LogP contribution in [0.2, 0.25) is 0 Å². The summed E-state index contributed by atoms with van der Waals surface area (Å²) in [5.41, 5.74) is 0. The average Bonchev–Trinajstić information content (AvgIpc) is 2.53. The molecule has 0 spiro atoms. The van der Waals surface area contributed by atoms with Crippen molar-refractivity contribution in [1.82, 2.24) is 4.90 Å². The van der Waals surface area contributed by atoms with E-state index in [1.807, 2.05) is 0 Å². The topological polar surface area (TPSA) is 60.4 Å². The van der Waals surface area contributed by atoms with Crippen molar-refractivity contribution in [1.29, 1.82) is 0 Å². The number of aliphatic hydroxyl groups is 1. The number of hydrogen-bond donors (Lipinski definition) is 1. The molecule has 0 heterocycles. The number of aliphatic hydroxyl groups excluding tert-OH is 1. The van der Waals surface area contributed by atoms with Gasteiger partial charge in [-0.25, -0.2) is 0 Å². The molecular weight excluding hydrogens is 286 g/mol. The summed E-state index contributed by atoms with van der Waals surface area (Å²) >= 11 is 0. The van der Waals surface area contributed by atoms with Gasteiger partial charge in [0.15, 0.2) is 0 Å². The van der Waals surface area contributed by atoms with E-state index in [1.165, 1.54) is 0 Å². The van der Waals surface area contributed by atoms with Crippen molar-refractivity contribution in [3.63, 3.8) is 0 Å². The molecule has 22 heavy (non-hydrogen) atoms. The van der Waals surface area contributed by atoms with Crippen molar-refractivity contribution in [2.75, 3.05) is 79.1 Å². The first-order valence-corrected chi connectivity index (χ1v) is 7.36. The minimum absolute atomic E-state index is 0.108. The number of terminal acetylenes is 2. The van der Waals surface area contributed by atoms with Crippen molar-refractivity contribution < 1.29 is 24.1 Å². The molecule has 0 radical (unpaired) electrons. The van der Waals surface area contributed by atoms with Crippen LogP contribution in [0.4, 0.5) is 0 Å².